The van der Waals surface area contributed by atoms with E-state index in [4.69, 9.17) is 5.73 Å². The molecular weight excluding hydrogens is 284 g/mol. The summed E-state index contributed by atoms with van der Waals surface area (Å²) in [5, 5.41) is 0. The number of nitrogens with zero attached hydrogens (tertiary/aromatic N) is 1. The SMILES string of the molecule is CC1(c2ccccc2)CCCN(C(=O)C2CCCCC2(C)N)C1. The number of carbonyl (C=O) groups excluding carboxylic acids is 1. The first-order valence-corrected chi connectivity index (χ1v) is 9.06. The minimum atomic E-state index is -0.337. The van der Waals surface area contributed by atoms with Gasteiger partial charge >= 0.3 is 0 Å². The summed E-state index contributed by atoms with van der Waals surface area (Å²) in [5.74, 6) is 0.283. The van der Waals surface area contributed by atoms with Gasteiger partial charge in [0.15, 0.2) is 0 Å². The molecule has 0 bridgehead atoms. The molecule has 3 nitrogen and oxygen atoms in total. The lowest BCUT2D eigenvalue weighted by Crippen LogP contribution is -2.56. The Hall–Kier alpha value is -1.35. The molecule has 0 aromatic heterocycles. The number of piperidine rings is 1. The zero-order valence-electron chi connectivity index (χ0n) is 14.6. The van der Waals surface area contributed by atoms with E-state index in [9.17, 15) is 4.79 Å². The van der Waals surface area contributed by atoms with Crippen LogP contribution in [0.3, 0.4) is 0 Å². The molecule has 2 N–H and O–H groups in total. The quantitative estimate of drug-likeness (QED) is 0.908. The van der Waals surface area contributed by atoms with Gasteiger partial charge in [-0.1, -0.05) is 50.1 Å². The van der Waals surface area contributed by atoms with Crippen LogP contribution < -0.4 is 5.73 Å². The summed E-state index contributed by atoms with van der Waals surface area (Å²) in [5.41, 5.74) is 7.53. The van der Waals surface area contributed by atoms with Crippen molar-refractivity contribution in [3.8, 4) is 0 Å². The maximum Gasteiger partial charge on any atom is 0.227 e. The van der Waals surface area contributed by atoms with E-state index in [1.807, 2.05) is 0 Å². The summed E-state index contributed by atoms with van der Waals surface area (Å²) < 4.78 is 0. The van der Waals surface area contributed by atoms with E-state index in [0.717, 1.165) is 51.6 Å². The van der Waals surface area contributed by atoms with Gasteiger partial charge in [-0.25, -0.2) is 0 Å². The van der Waals surface area contributed by atoms with Gasteiger partial charge in [-0.05, 0) is 38.2 Å². The zero-order valence-corrected chi connectivity index (χ0v) is 14.6. The number of carbonyl (C=O) groups is 1. The first-order chi connectivity index (χ1) is 10.9. The Morgan fingerprint density at radius 3 is 2.57 bits per heavy atom. The van der Waals surface area contributed by atoms with Crippen LogP contribution >= 0.6 is 0 Å². The molecule has 0 spiro atoms. The molecule has 3 rings (SSSR count). The third-order valence-electron chi connectivity index (χ3n) is 6.03. The van der Waals surface area contributed by atoms with Gasteiger partial charge in [0.1, 0.15) is 0 Å². The van der Waals surface area contributed by atoms with Crippen molar-refractivity contribution in [3.63, 3.8) is 0 Å². The third-order valence-corrected chi connectivity index (χ3v) is 6.03. The zero-order chi connectivity index (χ0) is 16.5. The summed E-state index contributed by atoms with van der Waals surface area (Å²) >= 11 is 0. The Kier molecular flexibility index (Phi) is 4.50. The van der Waals surface area contributed by atoms with E-state index in [0.29, 0.717) is 0 Å². The molecule has 0 radical (unpaired) electrons. The van der Waals surface area contributed by atoms with Crippen LogP contribution in [-0.4, -0.2) is 29.4 Å². The molecule has 2 aliphatic rings. The lowest BCUT2D eigenvalue weighted by atomic mass is 9.72. The van der Waals surface area contributed by atoms with Crippen LogP contribution in [0.2, 0.25) is 0 Å². The maximum atomic E-state index is 13.1. The number of nitrogens with two attached hydrogens (primary N) is 1. The van der Waals surface area contributed by atoms with Crippen LogP contribution in [0.15, 0.2) is 30.3 Å². The lowest BCUT2D eigenvalue weighted by Gasteiger charge is -2.45. The molecule has 1 aliphatic heterocycles. The molecule has 1 aromatic carbocycles. The van der Waals surface area contributed by atoms with Crippen LogP contribution in [0.25, 0.3) is 0 Å². The van der Waals surface area contributed by atoms with Gasteiger partial charge in [0.05, 0.1) is 5.92 Å². The monoisotopic (exact) mass is 314 g/mol. The Morgan fingerprint density at radius 1 is 1.13 bits per heavy atom. The number of likely N-dealkylation sites (tertiary alicyclic amines) is 1. The van der Waals surface area contributed by atoms with Gasteiger partial charge in [0.25, 0.3) is 0 Å². The molecule has 1 saturated heterocycles. The molecule has 1 amide bonds. The first-order valence-electron chi connectivity index (χ1n) is 9.06. The Morgan fingerprint density at radius 2 is 1.87 bits per heavy atom. The highest BCUT2D eigenvalue weighted by Crippen LogP contribution is 2.37. The van der Waals surface area contributed by atoms with Gasteiger partial charge in [0, 0.05) is 24.0 Å². The average Bonchev–Trinajstić information content (AvgIpc) is 2.55. The van der Waals surface area contributed by atoms with Gasteiger partial charge in [0.2, 0.25) is 5.91 Å². The standard InChI is InChI=1S/C20H30N2O/c1-19(16-9-4-3-5-10-16)12-8-14-22(15-19)18(23)17-11-6-7-13-20(17,2)21/h3-5,9-10,17H,6-8,11-15,21H2,1-2H3. The molecule has 1 saturated carbocycles. The largest absolute Gasteiger partial charge is 0.342 e. The molecule has 1 aromatic rings. The predicted octanol–water partition coefficient (Wildman–Crippen LogP) is 3.47. The molecule has 2 fully saturated rings. The summed E-state index contributed by atoms with van der Waals surface area (Å²) in [7, 11) is 0. The molecule has 126 valence electrons. The number of hydrogen-bond acceptors (Lipinski definition) is 2. The summed E-state index contributed by atoms with van der Waals surface area (Å²) in [6.07, 6.45) is 6.42. The predicted molar refractivity (Wildman–Crippen MR) is 94.2 cm³/mol. The van der Waals surface area contributed by atoms with Crippen LogP contribution in [0.4, 0.5) is 0 Å². The number of amides is 1. The van der Waals surface area contributed by atoms with Gasteiger partial charge in [-0.3, -0.25) is 4.79 Å². The van der Waals surface area contributed by atoms with E-state index < -0.39 is 0 Å². The fraction of sp³-hybridized carbons (Fsp3) is 0.650. The minimum absolute atomic E-state index is 0.00521. The number of rotatable bonds is 2. The third kappa shape index (κ3) is 3.30. The molecule has 3 atom stereocenters. The lowest BCUT2D eigenvalue weighted by molar-refractivity contribution is -0.141. The molecular formula is C20H30N2O. The van der Waals surface area contributed by atoms with Crippen LogP contribution in [0.5, 0.6) is 0 Å². The minimum Gasteiger partial charge on any atom is -0.342 e. The summed E-state index contributed by atoms with van der Waals surface area (Å²) in [4.78, 5) is 15.2. The average molecular weight is 314 g/mol. The second-order valence-electron chi connectivity index (χ2n) is 8.09. The van der Waals surface area contributed by atoms with Crippen LogP contribution in [-0.2, 0) is 10.2 Å². The van der Waals surface area contributed by atoms with Crippen molar-refractivity contribution >= 4 is 5.91 Å². The van der Waals surface area contributed by atoms with E-state index in [1.165, 1.54) is 5.56 Å². The topological polar surface area (TPSA) is 46.3 Å². The van der Waals surface area contributed by atoms with Crippen molar-refractivity contribution in [1.29, 1.82) is 0 Å². The molecule has 1 aliphatic carbocycles. The van der Waals surface area contributed by atoms with Crippen molar-refractivity contribution in [2.24, 2.45) is 11.7 Å². The van der Waals surface area contributed by atoms with Crippen molar-refractivity contribution < 1.29 is 4.79 Å². The smallest absolute Gasteiger partial charge is 0.227 e. The first kappa shape index (κ1) is 16.5. The van der Waals surface area contributed by atoms with E-state index in [2.05, 4.69) is 49.1 Å². The van der Waals surface area contributed by atoms with Crippen LogP contribution in [0.1, 0.15) is 57.9 Å². The summed E-state index contributed by atoms with van der Waals surface area (Å²) in [6.45, 7) is 6.07. The van der Waals surface area contributed by atoms with Gasteiger partial charge in [-0.2, -0.15) is 0 Å². The number of hydrogen-bond donors (Lipinski definition) is 1. The van der Waals surface area contributed by atoms with Crippen molar-refractivity contribution in [2.75, 3.05) is 13.1 Å². The number of benzene rings is 1. The molecule has 23 heavy (non-hydrogen) atoms. The van der Waals surface area contributed by atoms with Crippen molar-refractivity contribution in [3.05, 3.63) is 35.9 Å². The second kappa shape index (κ2) is 6.27. The Labute approximate surface area is 140 Å². The molecule has 1 heterocycles. The molecule has 3 unspecified atom stereocenters. The van der Waals surface area contributed by atoms with Crippen LogP contribution in [0, 0.1) is 5.92 Å². The van der Waals surface area contributed by atoms with Gasteiger partial charge < -0.3 is 10.6 Å². The molecule has 3 heteroatoms. The highest BCUT2D eigenvalue weighted by Gasteiger charge is 2.42. The highest BCUT2D eigenvalue weighted by atomic mass is 16.2. The maximum absolute atomic E-state index is 13.1. The highest BCUT2D eigenvalue weighted by molar-refractivity contribution is 5.80. The fourth-order valence-corrected chi connectivity index (χ4v) is 4.49. The van der Waals surface area contributed by atoms with E-state index in [-0.39, 0.29) is 22.8 Å². The van der Waals surface area contributed by atoms with E-state index in [1.54, 1.807) is 0 Å². The summed E-state index contributed by atoms with van der Waals surface area (Å²) in [6, 6.07) is 10.6. The normalized spacial score (nSPS) is 35.1. The second-order valence-corrected chi connectivity index (χ2v) is 8.09. The Bertz CT molecular complexity index is 554. The Balaban J connectivity index is 1.77. The fourth-order valence-electron chi connectivity index (χ4n) is 4.49. The van der Waals surface area contributed by atoms with Crippen molar-refractivity contribution in [2.45, 2.75) is 63.3 Å². The van der Waals surface area contributed by atoms with Crippen molar-refractivity contribution in [1.82, 2.24) is 4.90 Å². The van der Waals surface area contributed by atoms with E-state index >= 15 is 0 Å². The van der Waals surface area contributed by atoms with Gasteiger partial charge in [-0.15, -0.1) is 0 Å².